The number of hydrogen-bond acceptors (Lipinski definition) is 3. The Balaban J connectivity index is 1.75. The van der Waals surface area contributed by atoms with E-state index in [1.54, 1.807) is 11.6 Å². The summed E-state index contributed by atoms with van der Waals surface area (Å²) in [5, 5.41) is 8.05. The number of benzene rings is 1. The van der Waals surface area contributed by atoms with Crippen LogP contribution in [0.25, 0.3) is 0 Å². The second kappa shape index (κ2) is 6.37. The minimum absolute atomic E-state index is 0.219. The molecule has 6 heteroatoms. The molecule has 0 radical (unpaired) electrons. The van der Waals surface area contributed by atoms with Crippen molar-refractivity contribution in [1.29, 1.82) is 0 Å². The molecule has 4 nitrogen and oxygen atoms in total. The molecule has 0 saturated carbocycles. The SMILES string of the molecule is O=C(NCc1cccc(Cl)c1)NCc1cscn1. The topological polar surface area (TPSA) is 54.0 Å². The molecule has 0 aliphatic heterocycles. The van der Waals surface area contributed by atoms with E-state index in [1.807, 2.05) is 23.6 Å². The van der Waals surface area contributed by atoms with Gasteiger partial charge in [0.1, 0.15) is 0 Å². The van der Waals surface area contributed by atoms with E-state index in [2.05, 4.69) is 15.6 Å². The van der Waals surface area contributed by atoms with Crippen LogP contribution in [0.2, 0.25) is 5.02 Å². The Morgan fingerprint density at radius 1 is 1.33 bits per heavy atom. The maximum Gasteiger partial charge on any atom is 0.315 e. The number of rotatable bonds is 4. The molecule has 1 aromatic heterocycles. The molecule has 0 aliphatic rings. The van der Waals surface area contributed by atoms with Crippen LogP contribution in [0.5, 0.6) is 0 Å². The molecule has 18 heavy (non-hydrogen) atoms. The number of aromatic nitrogens is 1. The third-order valence-electron chi connectivity index (χ3n) is 2.26. The summed E-state index contributed by atoms with van der Waals surface area (Å²) >= 11 is 7.36. The molecule has 2 amide bonds. The fraction of sp³-hybridized carbons (Fsp3) is 0.167. The molecule has 0 fully saturated rings. The first kappa shape index (κ1) is 12.9. The van der Waals surface area contributed by atoms with Crippen LogP contribution in [0.15, 0.2) is 35.2 Å². The van der Waals surface area contributed by atoms with Gasteiger partial charge in [0, 0.05) is 16.9 Å². The predicted molar refractivity (Wildman–Crippen MR) is 72.6 cm³/mol. The van der Waals surface area contributed by atoms with E-state index in [9.17, 15) is 4.79 Å². The molecule has 0 saturated heterocycles. The molecule has 2 aromatic rings. The monoisotopic (exact) mass is 281 g/mol. The number of hydrogen-bond donors (Lipinski definition) is 2. The molecular weight excluding hydrogens is 270 g/mol. The van der Waals surface area contributed by atoms with E-state index in [0.29, 0.717) is 18.1 Å². The van der Waals surface area contributed by atoms with Gasteiger partial charge in [-0.25, -0.2) is 9.78 Å². The zero-order chi connectivity index (χ0) is 12.8. The zero-order valence-electron chi connectivity index (χ0n) is 9.52. The van der Waals surface area contributed by atoms with Gasteiger partial charge in [-0.1, -0.05) is 23.7 Å². The molecule has 1 heterocycles. The van der Waals surface area contributed by atoms with Crippen LogP contribution >= 0.6 is 22.9 Å². The second-order valence-electron chi connectivity index (χ2n) is 3.65. The first-order chi connectivity index (χ1) is 8.74. The Morgan fingerprint density at radius 3 is 2.89 bits per heavy atom. The summed E-state index contributed by atoms with van der Waals surface area (Å²) in [6.07, 6.45) is 0. The second-order valence-corrected chi connectivity index (χ2v) is 4.80. The molecule has 0 atom stereocenters. The first-order valence-corrected chi connectivity index (χ1v) is 6.69. The van der Waals surface area contributed by atoms with Gasteiger partial charge in [0.25, 0.3) is 0 Å². The largest absolute Gasteiger partial charge is 0.334 e. The van der Waals surface area contributed by atoms with E-state index in [-0.39, 0.29) is 6.03 Å². The van der Waals surface area contributed by atoms with Gasteiger partial charge in [-0.15, -0.1) is 11.3 Å². The number of nitrogens with one attached hydrogen (secondary N) is 2. The Morgan fingerprint density at radius 2 is 2.17 bits per heavy atom. The maximum absolute atomic E-state index is 11.5. The summed E-state index contributed by atoms with van der Waals surface area (Å²) in [6.45, 7) is 0.883. The van der Waals surface area contributed by atoms with Crippen molar-refractivity contribution < 1.29 is 4.79 Å². The highest BCUT2D eigenvalue weighted by Crippen LogP contribution is 2.10. The van der Waals surface area contributed by atoms with Crippen molar-refractivity contribution in [2.75, 3.05) is 0 Å². The van der Waals surface area contributed by atoms with Gasteiger partial charge in [-0.05, 0) is 17.7 Å². The predicted octanol–water partition coefficient (Wildman–Crippen LogP) is 2.80. The molecular formula is C12H12ClN3OS. The summed E-state index contributed by atoms with van der Waals surface area (Å²) in [7, 11) is 0. The molecule has 0 unspecified atom stereocenters. The number of halogens is 1. The average Bonchev–Trinajstić information content (AvgIpc) is 2.87. The molecule has 94 valence electrons. The van der Waals surface area contributed by atoms with E-state index >= 15 is 0 Å². The van der Waals surface area contributed by atoms with Gasteiger partial charge in [0.05, 0.1) is 17.7 Å². The van der Waals surface area contributed by atoms with Crippen LogP contribution in [-0.4, -0.2) is 11.0 Å². The first-order valence-electron chi connectivity index (χ1n) is 5.37. The summed E-state index contributed by atoms with van der Waals surface area (Å²) in [6, 6.07) is 7.16. The van der Waals surface area contributed by atoms with E-state index < -0.39 is 0 Å². The lowest BCUT2D eigenvalue weighted by Crippen LogP contribution is -2.34. The van der Waals surface area contributed by atoms with Gasteiger partial charge in [0.2, 0.25) is 0 Å². The summed E-state index contributed by atoms with van der Waals surface area (Å²) in [4.78, 5) is 15.6. The van der Waals surface area contributed by atoms with E-state index in [4.69, 9.17) is 11.6 Å². The molecule has 2 N–H and O–H groups in total. The van der Waals surface area contributed by atoms with Crippen molar-refractivity contribution in [3.63, 3.8) is 0 Å². The zero-order valence-corrected chi connectivity index (χ0v) is 11.1. The molecule has 1 aromatic carbocycles. The van der Waals surface area contributed by atoms with Crippen molar-refractivity contribution in [3.05, 3.63) is 51.4 Å². The Bertz CT molecular complexity index is 516. The van der Waals surface area contributed by atoms with Gasteiger partial charge >= 0.3 is 6.03 Å². The minimum atomic E-state index is -0.219. The third-order valence-corrected chi connectivity index (χ3v) is 3.13. The number of thiazole rings is 1. The van der Waals surface area contributed by atoms with Crippen LogP contribution in [0.1, 0.15) is 11.3 Å². The van der Waals surface area contributed by atoms with Crippen molar-refractivity contribution in [2.24, 2.45) is 0 Å². The van der Waals surface area contributed by atoms with Crippen molar-refractivity contribution in [1.82, 2.24) is 15.6 Å². The minimum Gasteiger partial charge on any atom is -0.334 e. The fourth-order valence-electron chi connectivity index (χ4n) is 1.39. The van der Waals surface area contributed by atoms with Crippen LogP contribution in [0.4, 0.5) is 4.79 Å². The van der Waals surface area contributed by atoms with E-state index in [0.717, 1.165) is 11.3 Å². The number of urea groups is 1. The number of carbonyl (C=O) groups excluding carboxylic acids is 1. The summed E-state index contributed by atoms with van der Waals surface area (Å²) in [5.41, 5.74) is 3.56. The van der Waals surface area contributed by atoms with Crippen molar-refractivity contribution >= 4 is 29.0 Å². The standard InChI is InChI=1S/C12H12ClN3OS/c13-10-3-1-2-9(4-10)5-14-12(17)15-6-11-7-18-8-16-11/h1-4,7-8H,5-6H2,(H2,14,15,17). The van der Waals surface area contributed by atoms with Crippen molar-refractivity contribution in [3.8, 4) is 0 Å². The molecule has 0 bridgehead atoms. The highest BCUT2D eigenvalue weighted by molar-refractivity contribution is 7.07. The normalized spacial score (nSPS) is 10.1. The third kappa shape index (κ3) is 4.01. The number of nitrogens with zero attached hydrogens (tertiary/aromatic N) is 1. The van der Waals surface area contributed by atoms with Gasteiger partial charge in [0.15, 0.2) is 0 Å². The molecule has 2 rings (SSSR count). The van der Waals surface area contributed by atoms with Crippen LogP contribution in [0.3, 0.4) is 0 Å². The summed E-state index contributed by atoms with van der Waals surface area (Å²) < 4.78 is 0. The quantitative estimate of drug-likeness (QED) is 0.905. The highest BCUT2D eigenvalue weighted by atomic mass is 35.5. The van der Waals surface area contributed by atoms with Crippen LogP contribution in [0, 0.1) is 0 Å². The average molecular weight is 282 g/mol. The molecule has 0 spiro atoms. The van der Waals surface area contributed by atoms with Crippen molar-refractivity contribution in [2.45, 2.75) is 13.1 Å². The highest BCUT2D eigenvalue weighted by Gasteiger charge is 2.01. The summed E-state index contributed by atoms with van der Waals surface area (Å²) in [5.74, 6) is 0. The lowest BCUT2D eigenvalue weighted by Gasteiger charge is -2.06. The lowest BCUT2D eigenvalue weighted by molar-refractivity contribution is 0.240. The Labute approximate surface area is 114 Å². The molecule has 0 aliphatic carbocycles. The van der Waals surface area contributed by atoms with Crippen LogP contribution in [-0.2, 0) is 13.1 Å². The van der Waals surface area contributed by atoms with Gasteiger partial charge < -0.3 is 10.6 Å². The maximum atomic E-state index is 11.5. The fourth-order valence-corrected chi connectivity index (χ4v) is 2.16. The van der Waals surface area contributed by atoms with Gasteiger partial charge in [-0.3, -0.25) is 0 Å². The van der Waals surface area contributed by atoms with Crippen LogP contribution < -0.4 is 10.6 Å². The van der Waals surface area contributed by atoms with Gasteiger partial charge in [-0.2, -0.15) is 0 Å². The smallest absolute Gasteiger partial charge is 0.315 e. The Kier molecular flexibility index (Phi) is 4.55. The lowest BCUT2D eigenvalue weighted by atomic mass is 10.2. The number of amides is 2. The number of carbonyl (C=O) groups is 1. The Hall–Kier alpha value is -1.59. The van der Waals surface area contributed by atoms with E-state index in [1.165, 1.54) is 11.3 Å².